The van der Waals surface area contributed by atoms with Gasteiger partial charge in [0, 0.05) is 6.04 Å². The molecule has 0 unspecified atom stereocenters. The lowest BCUT2D eigenvalue weighted by Gasteiger charge is -2.32. The normalized spacial score (nSPS) is 24.7. The van der Waals surface area contributed by atoms with Crippen LogP contribution in [0, 0.1) is 11.7 Å². The fourth-order valence-electron chi connectivity index (χ4n) is 2.17. The highest BCUT2D eigenvalue weighted by Gasteiger charge is 2.26. The van der Waals surface area contributed by atoms with E-state index in [1.165, 1.54) is 6.07 Å². The third kappa shape index (κ3) is 2.29. The van der Waals surface area contributed by atoms with Crippen LogP contribution in [0.2, 0.25) is 0 Å². The van der Waals surface area contributed by atoms with Crippen molar-refractivity contribution in [3.05, 3.63) is 29.6 Å². The van der Waals surface area contributed by atoms with Gasteiger partial charge in [-0.15, -0.1) is 0 Å². The van der Waals surface area contributed by atoms with Crippen molar-refractivity contribution >= 4 is 0 Å². The maximum Gasteiger partial charge on any atom is 0.123 e. The van der Waals surface area contributed by atoms with Crippen LogP contribution in [0.15, 0.2) is 18.2 Å². The van der Waals surface area contributed by atoms with Crippen LogP contribution in [-0.2, 0) is 6.42 Å². The average molecular weight is 209 g/mol. The van der Waals surface area contributed by atoms with Crippen molar-refractivity contribution < 1.29 is 9.13 Å². The molecular weight excluding hydrogens is 193 g/mol. The molecule has 2 rings (SSSR count). The smallest absolute Gasteiger partial charge is 0.123 e. The lowest BCUT2D eigenvalue weighted by Crippen LogP contribution is -2.37. The molecule has 15 heavy (non-hydrogen) atoms. The molecule has 1 aliphatic carbocycles. The summed E-state index contributed by atoms with van der Waals surface area (Å²) in [5.74, 6) is 1.17. The van der Waals surface area contributed by atoms with Crippen LogP contribution in [0.5, 0.6) is 5.75 Å². The lowest BCUT2D eigenvalue weighted by molar-refractivity contribution is 0.261. The molecular formula is C12H16FNO. The largest absolute Gasteiger partial charge is 0.496 e. The number of hydrogen-bond donors (Lipinski definition) is 1. The highest BCUT2D eigenvalue weighted by atomic mass is 19.1. The molecule has 0 radical (unpaired) electrons. The van der Waals surface area contributed by atoms with Crippen LogP contribution < -0.4 is 10.5 Å². The summed E-state index contributed by atoms with van der Waals surface area (Å²) in [6, 6.07) is 5.01. The molecule has 3 heteroatoms. The summed E-state index contributed by atoms with van der Waals surface area (Å²) in [5.41, 5.74) is 6.67. The minimum Gasteiger partial charge on any atom is -0.496 e. The SMILES string of the molecule is COc1ccc(F)cc1CC1CC(N)C1. The van der Waals surface area contributed by atoms with Gasteiger partial charge in [0.1, 0.15) is 11.6 Å². The first-order chi connectivity index (χ1) is 7.19. The number of hydrogen-bond acceptors (Lipinski definition) is 2. The van der Waals surface area contributed by atoms with E-state index in [9.17, 15) is 4.39 Å². The first kappa shape index (κ1) is 10.4. The molecule has 82 valence electrons. The number of rotatable bonds is 3. The van der Waals surface area contributed by atoms with E-state index in [1.807, 2.05) is 0 Å². The number of ether oxygens (including phenoxy) is 1. The second-order valence-corrected chi connectivity index (χ2v) is 4.26. The second kappa shape index (κ2) is 4.19. The Kier molecular flexibility index (Phi) is 2.91. The summed E-state index contributed by atoms with van der Waals surface area (Å²) in [7, 11) is 1.61. The summed E-state index contributed by atoms with van der Waals surface area (Å²) in [6.45, 7) is 0. The fraction of sp³-hybridized carbons (Fsp3) is 0.500. The van der Waals surface area contributed by atoms with Crippen LogP contribution in [0.1, 0.15) is 18.4 Å². The summed E-state index contributed by atoms with van der Waals surface area (Å²) in [5, 5.41) is 0. The van der Waals surface area contributed by atoms with Crippen molar-refractivity contribution in [2.24, 2.45) is 11.7 Å². The van der Waals surface area contributed by atoms with Crippen LogP contribution in [-0.4, -0.2) is 13.2 Å². The number of halogens is 1. The van der Waals surface area contributed by atoms with Crippen LogP contribution in [0.4, 0.5) is 4.39 Å². The van der Waals surface area contributed by atoms with E-state index in [-0.39, 0.29) is 5.82 Å². The Bertz CT molecular complexity index is 347. The van der Waals surface area contributed by atoms with Crippen molar-refractivity contribution in [2.75, 3.05) is 7.11 Å². The molecule has 2 N–H and O–H groups in total. The van der Waals surface area contributed by atoms with Gasteiger partial charge < -0.3 is 10.5 Å². The Hall–Kier alpha value is -1.09. The van der Waals surface area contributed by atoms with Crippen LogP contribution in [0.25, 0.3) is 0 Å². The third-order valence-corrected chi connectivity index (χ3v) is 3.02. The summed E-state index contributed by atoms with van der Waals surface area (Å²) in [6.07, 6.45) is 2.95. The maximum absolute atomic E-state index is 13.1. The van der Waals surface area contributed by atoms with Gasteiger partial charge >= 0.3 is 0 Å². The number of nitrogens with two attached hydrogens (primary N) is 1. The third-order valence-electron chi connectivity index (χ3n) is 3.02. The zero-order chi connectivity index (χ0) is 10.8. The van der Waals surface area contributed by atoms with Gasteiger partial charge in [0.05, 0.1) is 7.11 Å². The van der Waals surface area contributed by atoms with Crippen molar-refractivity contribution in [3.8, 4) is 5.75 Å². The molecule has 1 aromatic rings. The molecule has 1 aliphatic rings. The van der Waals surface area contributed by atoms with Gasteiger partial charge in [0.2, 0.25) is 0 Å². The Morgan fingerprint density at radius 2 is 2.20 bits per heavy atom. The molecule has 0 saturated heterocycles. The Morgan fingerprint density at radius 1 is 1.47 bits per heavy atom. The molecule has 1 fully saturated rings. The molecule has 2 nitrogen and oxygen atoms in total. The lowest BCUT2D eigenvalue weighted by atomic mass is 9.77. The van der Waals surface area contributed by atoms with Gasteiger partial charge in [-0.05, 0) is 48.9 Å². The van der Waals surface area contributed by atoms with Gasteiger partial charge in [-0.3, -0.25) is 0 Å². The Morgan fingerprint density at radius 3 is 2.80 bits per heavy atom. The van der Waals surface area contributed by atoms with Gasteiger partial charge in [-0.2, -0.15) is 0 Å². The minimum atomic E-state index is -0.200. The predicted octanol–water partition coefficient (Wildman–Crippen LogP) is 2.11. The molecule has 0 amide bonds. The van der Waals surface area contributed by atoms with Crippen LogP contribution >= 0.6 is 0 Å². The molecule has 0 heterocycles. The molecule has 1 saturated carbocycles. The zero-order valence-corrected chi connectivity index (χ0v) is 8.87. The maximum atomic E-state index is 13.1. The zero-order valence-electron chi connectivity index (χ0n) is 8.87. The van der Waals surface area contributed by atoms with E-state index < -0.39 is 0 Å². The van der Waals surface area contributed by atoms with Crippen molar-refractivity contribution in [3.63, 3.8) is 0 Å². The number of methoxy groups -OCH3 is 1. The Balaban J connectivity index is 2.08. The van der Waals surface area contributed by atoms with E-state index in [0.717, 1.165) is 30.6 Å². The highest BCUT2D eigenvalue weighted by Crippen LogP contribution is 2.32. The van der Waals surface area contributed by atoms with Crippen LogP contribution in [0.3, 0.4) is 0 Å². The molecule has 0 atom stereocenters. The fourth-order valence-corrected chi connectivity index (χ4v) is 2.17. The van der Waals surface area contributed by atoms with E-state index in [4.69, 9.17) is 10.5 Å². The van der Waals surface area contributed by atoms with Crippen molar-refractivity contribution in [2.45, 2.75) is 25.3 Å². The molecule has 1 aromatic carbocycles. The summed E-state index contributed by atoms with van der Waals surface area (Å²) >= 11 is 0. The van der Waals surface area contributed by atoms with Gasteiger partial charge in [-0.25, -0.2) is 4.39 Å². The van der Waals surface area contributed by atoms with E-state index in [2.05, 4.69) is 0 Å². The molecule has 0 bridgehead atoms. The van der Waals surface area contributed by atoms with Crippen molar-refractivity contribution in [1.29, 1.82) is 0 Å². The first-order valence-corrected chi connectivity index (χ1v) is 5.27. The summed E-state index contributed by atoms with van der Waals surface area (Å²) < 4.78 is 18.3. The number of benzene rings is 1. The highest BCUT2D eigenvalue weighted by molar-refractivity contribution is 5.34. The van der Waals surface area contributed by atoms with Crippen molar-refractivity contribution in [1.82, 2.24) is 0 Å². The predicted molar refractivity (Wildman–Crippen MR) is 57.4 cm³/mol. The average Bonchev–Trinajstić information content (AvgIpc) is 2.16. The topological polar surface area (TPSA) is 35.2 Å². The van der Waals surface area contributed by atoms with Gasteiger partial charge in [-0.1, -0.05) is 0 Å². The first-order valence-electron chi connectivity index (χ1n) is 5.27. The van der Waals surface area contributed by atoms with E-state index >= 15 is 0 Å². The second-order valence-electron chi connectivity index (χ2n) is 4.26. The molecule has 0 aromatic heterocycles. The van der Waals surface area contributed by atoms with Gasteiger partial charge in [0.15, 0.2) is 0 Å². The van der Waals surface area contributed by atoms with E-state index in [0.29, 0.717) is 12.0 Å². The Labute approximate surface area is 89.2 Å². The minimum absolute atomic E-state index is 0.200. The summed E-state index contributed by atoms with van der Waals surface area (Å²) in [4.78, 5) is 0. The monoisotopic (exact) mass is 209 g/mol. The molecule has 0 spiro atoms. The molecule has 0 aliphatic heterocycles. The van der Waals surface area contributed by atoms with E-state index in [1.54, 1.807) is 19.2 Å². The standard InChI is InChI=1S/C12H16FNO/c1-15-12-3-2-10(13)7-9(12)4-8-5-11(14)6-8/h2-3,7-8,11H,4-6,14H2,1H3. The quantitative estimate of drug-likeness (QED) is 0.827. The van der Waals surface area contributed by atoms with Gasteiger partial charge in [0.25, 0.3) is 0 Å².